The van der Waals surface area contributed by atoms with Crippen LogP contribution in [0.1, 0.15) is 21.6 Å². The Morgan fingerprint density at radius 3 is 2.61 bits per heavy atom. The first-order valence-electron chi connectivity index (χ1n) is 9.72. The Bertz CT molecular complexity index is 1230. The van der Waals surface area contributed by atoms with Gasteiger partial charge in [0.25, 0.3) is 5.91 Å². The third-order valence-corrected chi connectivity index (χ3v) is 4.77. The lowest BCUT2D eigenvalue weighted by Gasteiger charge is -2.10. The van der Waals surface area contributed by atoms with Crippen LogP contribution in [0.15, 0.2) is 54.9 Å². The largest absolute Gasteiger partial charge is 0.324 e. The van der Waals surface area contributed by atoms with Crippen LogP contribution in [-0.2, 0) is 6.54 Å². The van der Waals surface area contributed by atoms with Gasteiger partial charge in [-0.05, 0) is 69.0 Å². The van der Waals surface area contributed by atoms with Crippen LogP contribution in [-0.4, -0.2) is 49.5 Å². The van der Waals surface area contributed by atoms with Crippen molar-refractivity contribution in [2.45, 2.75) is 13.5 Å². The summed E-state index contributed by atoms with van der Waals surface area (Å²) in [5.74, 6) is -0.142. The first-order valence-corrected chi connectivity index (χ1v) is 9.72. The van der Waals surface area contributed by atoms with E-state index in [2.05, 4.69) is 32.3 Å². The number of hydroxylamine groups is 1. The lowest BCUT2D eigenvalue weighted by Crippen LogP contribution is -2.18. The summed E-state index contributed by atoms with van der Waals surface area (Å²) in [6, 6.07) is 12.6. The number of fused-ring (bicyclic) bond motifs is 1. The number of hydrogen-bond donors (Lipinski definition) is 3. The number of carbonyl (C=O) groups is 1. The Hall–Kier alpha value is -3.82. The monoisotopic (exact) mass is 417 g/mol. The fourth-order valence-electron chi connectivity index (χ4n) is 3.43. The fourth-order valence-corrected chi connectivity index (χ4v) is 3.43. The molecule has 0 aliphatic carbocycles. The molecule has 9 heteroatoms. The highest BCUT2D eigenvalue weighted by Gasteiger charge is 2.14. The molecule has 158 valence electrons. The summed E-state index contributed by atoms with van der Waals surface area (Å²) in [7, 11) is 4.08. The molecule has 0 bridgehead atoms. The molecule has 0 saturated carbocycles. The Labute approximate surface area is 179 Å². The van der Waals surface area contributed by atoms with Gasteiger partial charge in [0.15, 0.2) is 0 Å². The number of aryl methyl sites for hydroxylation is 1. The number of pyridine rings is 1. The highest BCUT2D eigenvalue weighted by molar-refractivity contribution is 5.93. The Balaban J connectivity index is 1.63. The highest BCUT2D eigenvalue weighted by atomic mass is 16.5. The maximum Gasteiger partial charge on any atom is 0.274 e. The van der Waals surface area contributed by atoms with E-state index in [1.54, 1.807) is 35.9 Å². The number of hydrogen-bond acceptors (Lipinski definition) is 7. The van der Waals surface area contributed by atoms with Gasteiger partial charge in [0, 0.05) is 30.2 Å². The Morgan fingerprint density at radius 1 is 1.13 bits per heavy atom. The first-order chi connectivity index (χ1) is 14.9. The zero-order valence-corrected chi connectivity index (χ0v) is 17.5. The van der Waals surface area contributed by atoms with Gasteiger partial charge >= 0.3 is 0 Å². The average molecular weight is 417 g/mol. The maximum atomic E-state index is 11.5. The molecule has 0 unspecified atom stereocenters. The van der Waals surface area contributed by atoms with Gasteiger partial charge in [0.1, 0.15) is 5.65 Å². The molecule has 3 aromatic heterocycles. The molecule has 3 N–H and O–H groups in total. The van der Waals surface area contributed by atoms with E-state index in [9.17, 15) is 4.79 Å². The summed E-state index contributed by atoms with van der Waals surface area (Å²) in [6.07, 6.45) is 3.71. The number of imidazole rings is 1. The molecule has 0 spiro atoms. The van der Waals surface area contributed by atoms with Crippen LogP contribution < -0.4 is 10.8 Å². The number of aromatic nitrogens is 4. The second-order valence-corrected chi connectivity index (χ2v) is 7.46. The zero-order valence-electron chi connectivity index (χ0n) is 17.5. The van der Waals surface area contributed by atoms with Crippen molar-refractivity contribution < 1.29 is 10.0 Å². The standard InChI is InChI=1S/C22H23N7O2/c1-14-20(29-11-9-15(13-28(2)3)12-19(29)24-14)18-8-10-23-22(26-18)25-17-6-4-16(5-7-17)21(30)27-31/h4-12,31H,13H2,1-3H3,(H,27,30)(H,23,25,26). The first kappa shape index (κ1) is 20.5. The van der Waals surface area contributed by atoms with E-state index in [1.165, 1.54) is 5.56 Å². The van der Waals surface area contributed by atoms with Gasteiger partial charge in [-0.15, -0.1) is 0 Å². The molecule has 0 radical (unpaired) electrons. The van der Waals surface area contributed by atoms with Crippen LogP contribution in [0.25, 0.3) is 17.0 Å². The SMILES string of the molecule is Cc1nc2cc(CN(C)C)ccn2c1-c1ccnc(Nc2ccc(C(=O)NO)cc2)n1. The molecule has 4 rings (SSSR count). The number of rotatable bonds is 6. The van der Waals surface area contributed by atoms with E-state index in [1.807, 2.05) is 37.7 Å². The topological polar surface area (TPSA) is 108 Å². The summed E-state index contributed by atoms with van der Waals surface area (Å²) in [4.78, 5) is 27.2. The van der Waals surface area contributed by atoms with Crippen LogP contribution in [0.5, 0.6) is 0 Å². The van der Waals surface area contributed by atoms with E-state index < -0.39 is 5.91 Å². The summed E-state index contributed by atoms with van der Waals surface area (Å²) in [6.45, 7) is 2.81. The van der Waals surface area contributed by atoms with Crippen LogP contribution in [0.4, 0.5) is 11.6 Å². The van der Waals surface area contributed by atoms with E-state index in [4.69, 9.17) is 10.2 Å². The molecule has 0 atom stereocenters. The second kappa shape index (κ2) is 8.50. The molecule has 9 nitrogen and oxygen atoms in total. The third-order valence-electron chi connectivity index (χ3n) is 4.77. The van der Waals surface area contributed by atoms with E-state index >= 15 is 0 Å². The van der Waals surface area contributed by atoms with Gasteiger partial charge in [0.2, 0.25) is 5.95 Å². The summed E-state index contributed by atoms with van der Waals surface area (Å²) < 4.78 is 2.03. The molecule has 0 aliphatic rings. The number of benzene rings is 1. The van der Waals surface area contributed by atoms with E-state index in [-0.39, 0.29) is 0 Å². The van der Waals surface area contributed by atoms with Crippen molar-refractivity contribution in [3.8, 4) is 11.4 Å². The molecular formula is C22H23N7O2. The van der Waals surface area contributed by atoms with Gasteiger partial charge in [-0.2, -0.15) is 0 Å². The smallest absolute Gasteiger partial charge is 0.274 e. The van der Waals surface area contributed by atoms with Crippen molar-refractivity contribution in [2.24, 2.45) is 0 Å². The number of amides is 1. The van der Waals surface area contributed by atoms with Crippen molar-refractivity contribution in [3.63, 3.8) is 0 Å². The van der Waals surface area contributed by atoms with E-state index in [0.29, 0.717) is 11.5 Å². The van der Waals surface area contributed by atoms with Crippen molar-refractivity contribution in [3.05, 3.63) is 71.7 Å². The third kappa shape index (κ3) is 4.37. The number of carbonyl (C=O) groups excluding carboxylic acids is 1. The quantitative estimate of drug-likeness (QED) is 0.327. The van der Waals surface area contributed by atoms with Crippen LogP contribution in [0, 0.1) is 6.92 Å². The zero-order chi connectivity index (χ0) is 22.0. The molecule has 0 saturated heterocycles. The van der Waals surface area contributed by atoms with Gasteiger partial charge in [-0.3, -0.25) is 14.4 Å². The molecular weight excluding hydrogens is 394 g/mol. The van der Waals surface area contributed by atoms with Gasteiger partial charge < -0.3 is 10.2 Å². The molecule has 1 amide bonds. The van der Waals surface area contributed by atoms with Crippen molar-refractivity contribution in [1.29, 1.82) is 0 Å². The molecule has 31 heavy (non-hydrogen) atoms. The minimum Gasteiger partial charge on any atom is -0.324 e. The lowest BCUT2D eigenvalue weighted by molar-refractivity contribution is 0.0706. The molecule has 4 aromatic rings. The normalized spacial score (nSPS) is 11.1. The molecule has 1 aromatic carbocycles. The summed E-state index contributed by atoms with van der Waals surface area (Å²) in [5.41, 5.74) is 7.28. The number of anilines is 2. The average Bonchev–Trinajstić information content (AvgIpc) is 3.08. The minimum atomic E-state index is -0.568. The molecule has 0 aliphatic heterocycles. The van der Waals surface area contributed by atoms with Crippen LogP contribution in [0.3, 0.4) is 0 Å². The van der Waals surface area contributed by atoms with Gasteiger partial charge in [-0.1, -0.05) is 0 Å². The fraction of sp³-hybridized carbons (Fsp3) is 0.182. The van der Waals surface area contributed by atoms with Crippen molar-refractivity contribution in [2.75, 3.05) is 19.4 Å². The predicted molar refractivity (Wildman–Crippen MR) is 117 cm³/mol. The molecule has 0 fully saturated rings. The second-order valence-electron chi connectivity index (χ2n) is 7.46. The predicted octanol–water partition coefficient (Wildman–Crippen LogP) is 3.02. The Kier molecular flexibility index (Phi) is 5.61. The van der Waals surface area contributed by atoms with Crippen LogP contribution in [0.2, 0.25) is 0 Å². The van der Waals surface area contributed by atoms with E-state index in [0.717, 1.165) is 35.0 Å². The minimum absolute atomic E-state index is 0.345. The van der Waals surface area contributed by atoms with Crippen molar-refractivity contribution >= 4 is 23.2 Å². The summed E-state index contributed by atoms with van der Waals surface area (Å²) >= 11 is 0. The molecule has 3 heterocycles. The Morgan fingerprint density at radius 2 is 1.90 bits per heavy atom. The summed E-state index contributed by atoms with van der Waals surface area (Å²) in [5, 5.41) is 11.9. The lowest BCUT2D eigenvalue weighted by atomic mass is 10.2. The maximum absolute atomic E-state index is 11.5. The van der Waals surface area contributed by atoms with Gasteiger partial charge in [0.05, 0.1) is 17.1 Å². The van der Waals surface area contributed by atoms with Crippen molar-refractivity contribution in [1.82, 2.24) is 29.7 Å². The number of nitrogens with one attached hydrogen (secondary N) is 2. The van der Waals surface area contributed by atoms with Crippen LogP contribution >= 0.6 is 0 Å². The number of nitrogens with zero attached hydrogens (tertiary/aromatic N) is 5. The highest BCUT2D eigenvalue weighted by Crippen LogP contribution is 2.25. The van der Waals surface area contributed by atoms with Gasteiger partial charge in [-0.25, -0.2) is 20.4 Å².